The highest BCUT2D eigenvalue weighted by Crippen LogP contribution is 2.16. The molecule has 0 fully saturated rings. The maximum atomic E-state index is 11.2. The van der Waals surface area contributed by atoms with Crippen LogP contribution in [-0.2, 0) is 4.74 Å². The monoisotopic (exact) mass is 498 g/mol. The number of Topliss-reactive ketones (excluding diaryl/α,β-unsaturated/α-hetero) is 1. The van der Waals surface area contributed by atoms with Crippen LogP contribution in [-0.4, -0.2) is 60.5 Å². The predicted octanol–water partition coefficient (Wildman–Crippen LogP) is 4.38. The number of nitrogens with zero attached hydrogens (tertiary/aromatic N) is 3. The molecule has 3 heterocycles. The first kappa shape index (κ1) is 24.8. The van der Waals surface area contributed by atoms with E-state index in [2.05, 4.69) is 35.3 Å². The van der Waals surface area contributed by atoms with E-state index in [9.17, 15) is 14.4 Å². The first-order valence-corrected chi connectivity index (χ1v) is 11.0. The zero-order valence-electron chi connectivity index (χ0n) is 19.9. The van der Waals surface area contributed by atoms with Gasteiger partial charge in [0.15, 0.2) is 17.2 Å². The van der Waals surface area contributed by atoms with Crippen molar-refractivity contribution in [2.75, 3.05) is 7.11 Å². The number of carboxylic acids is 1. The molecule has 0 atom stereocenters. The van der Waals surface area contributed by atoms with Gasteiger partial charge >= 0.3 is 11.9 Å². The summed E-state index contributed by atoms with van der Waals surface area (Å²) in [6, 6.07) is 22.1. The molecule has 0 bridgehead atoms. The van der Waals surface area contributed by atoms with Gasteiger partial charge in [-0.25, -0.2) is 9.59 Å². The number of carbonyl (C=O) groups is 3. The van der Waals surface area contributed by atoms with E-state index in [1.165, 1.54) is 14.0 Å². The lowest BCUT2D eigenvalue weighted by molar-refractivity contribution is 0.0595. The molecule has 0 saturated carbocycles. The minimum Gasteiger partial charge on any atom is -0.476 e. The number of H-pyrrole nitrogens is 3. The molecule has 6 rings (SSSR count). The maximum Gasteiger partial charge on any atom is 0.359 e. The molecule has 4 N–H and O–H groups in total. The van der Waals surface area contributed by atoms with E-state index in [1.807, 2.05) is 54.6 Å². The third-order valence-electron chi connectivity index (χ3n) is 5.33. The lowest BCUT2D eigenvalue weighted by Crippen LogP contribution is -2.01. The Morgan fingerprint density at radius 2 is 1.03 bits per heavy atom. The summed E-state index contributed by atoms with van der Waals surface area (Å²) in [7, 11) is 1.34. The molecule has 6 aromatic rings. The Bertz CT molecular complexity index is 1630. The molecule has 0 unspecified atom stereocenters. The highest BCUT2D eigenvalue weighted by Gasteiger charge is 2.13. The van der Waals surface area contributed by atoms with E-state index >= 15 is 0 Å². The number of ether oxygens (including phenoxy) is 1. The lowest BCUT2D eigenvalue weighted by Gasteiger charge is -1.93. The molecule has 11 nitrogen and oxygen atoms in total. The summed E-state index contributed by atoms with van der Waals surface area (Å²) in [5.41, 5.74) is 3.41. The summed E-state index contributed by atoms with van der Waals surface area (Å²) in [5, 5.41) is 30.7. The number of para-hydroxylation sites is 3. The molecule has 186 valence electrons. The summed E-state index contributed by atoms with van der Waals surface area (Å²) in [4.78, 5) is 32.8. The van der Waals surface area contributed by atoms with E-state index < -0.39 is 11.9 Å². The Balaban J connectivity index is 0.000000130. The van der Waals surface area contributed by atoms with Gasteiger partial charge in [0.05, 0.1) is 23.7 Å². The lowest BCUT2D eigenvalue weighted by atomic mass is 10.2. The van der Waals surface area contributed by atoms with E-state index in [4.69, 9.17) is 5.11 Å². The number of aromatic nitrogens is 6. The smallest absolute Gasteiger partial charge is 0.359 e. The number of fused-ring (bicyclic) bond motifs is 3. The first-order chi connectivity index (χ1) is 17.9. The zero-order chi connectivity index (χ0) is 26.4. The number of aromatic amines is 3. The van der Waals surface area contributed by atoms with Crippen molar-refractivity contribution < 1.29 is 24.2 Å². The van der Waals surface area contributed by atoms with Crippen molar-refractivity contribution >= 4 is 50.4 Å². The number of hydrogen-bond donors (Lipinski definition) is 4. The third-order valence-corrected chi connectivity index (χ3v) is 5.33. The standard InChI is InChI=1S/C9H8N2O2.C9H8N2O.C8H6N2O2/c1-13-9(12)8-6-4-2-3-5-7(6)10-11-8;1-6(12)9-7-4-2-3-5-8(7)10-11-9;11-8(12)7-5-3-1-2-4-6(5)9-10-7/h2-5H,1H3,(H,10,11);2-5H,1H3,(H,10,11);1-4H,(H,9,10)(H,11,12). The zero-order valence-corrected chi connectivity index (χ0v) is 19.9. The number of methoxy groups -OCH3 is 1. The minimum atomic E-state index is -1.01. The molecule has 0 radical (unpaired) electrons. The van der Waals surface area contributed by atoms with Crippen LogP contribution in [0.25, 0.3) is 32.7 Å². The third kappa shape index (κ3) is 5.35. The number of rotatable bonds is 3. The van der Waals surface area contributed by atoms with Gasteiger partial charge in [0.1, 0.15) is 5.69 Å². The fourth-order valence-electron chi connectivity index (χ4n) is 3.57. The Morgan fingerprint density at radius 1 is 0.649 bits per heavy atom. The number of carbonyl (C=O) groups excluding carboxylic acids is 2. The van der Waals surface area contributed by atoms with Crippen LogP contribution in [0.1, 0.15) is 38.4 Å². The molecule has 0 saturated heterocycles. The van der Waals surface area contributed by atoms with Crippen LogP contribution in [0.5, 0.6) is 0 Å². The summed E-state index contributed by atoms with van der Waals surface area (Å²) < 4.78 is 4.58. The van der Waals surface area contributed by atoms with Gasteiger partial charge in [0.2, 0.25) is 0 Å². The second kappa shape index (κ2) is 11.0. The minimum absolute atomic E-state index is 0.00699. The number of nitrogens with one attached hydrogen (secondary N) is 3. The van der Waals surface area contributed by atoms with Crippen LogP contribution >= 0.6 is 0 Å². The largest absolute Gasteiger partial charge is 0.476 e. The maximum absolute atomic E-state index is 11.2. The normalized spacial score (nSPS) is 10.3. The number of hydrogen-bond acceptors (Lipinski definition) is 7. The van der Waals surface area contributed by atoms with Gasteiger partial charge in [-0.05, 0) is 18.2 Å². The number of carboxylic acid groups (broad SMARTS) is 1. The van der Waals surface area contributed by atoms with Gasteiger partial charge in [-0.3, -0.25) is 20.1 Å². The van der Waals surface area contributed by atoms with Gasteiger partial charge in [-0.1, -0.05) is 54.6 Å². The van der Waals surface area contributed by atoms with Crippen molar-refractivity contribution in [2.24, 2.45) is 0 Å². The highest BCUT2D eigenvalue weighted by atomic mass is 16.5. The Morgan fingerprint density at radius 3 is 1.46 bits per heavy atom. The average molecular weight is 498 g/mol. The van der Waals surface area contributed by atoms with E-state index in [0.29, 0.717) is 16.8 Å². The van der Waals surface area contributed by atoms with E-state index in [1.54, 1.807) is 18.2 Å². The molecule has 0 aliphatic rings. The summed E-state index contributed by atoms with van der Waals surface area (Å²) >= 11 is 0. The number of benzene rings is 3. The predicted molar refractivity (Wildman–Crippen MR) is 137 cm³/mol. The van der Waals surface area contributed by atoms with Crippen LogP contribution in [0, 0.1) is 0 Å². The fourth-order valence-corrected chi connectivity index (χ4v) is 3.57. The SMILES string of the molecule is CC(=O)c1n[nH]c2ccccc12.COC(=O)c1n[nH]c2ccccc12.O=C(O)c1n[nH]c2ccccc12. The summed E-state index contributed by atoms with van der Waals surface area (Å²) in [5.74, 6) is -1.43. The molecule has 0 spiro atoms. The van der Waals surface area contributed by atoms with Crippen molar-refractivity contribution in [3.8, 4) is 0 Å². The van der Waals surface area contributed by atoms with Crippen LogP contribution in [0.3, 0.4) is 0 Å². The molecule has 0 aliphatic carbocycles. The van der Waals surface area contributed by atoms with Crippen molar-refractivity contribution in [1.82, 2.24) is 30.6 Å². The van der Waals surface area contributed by atoms with Gasteiger partial charge in [-0.2, -0.15) is 15.3 Å². The quantitative estimate of drug-likeness (QED) is 0.206. The average Bonchev–Trinajstić information content (AvgIpc) is 3.65. The van der Waals surface area contributed by atoms with Crippen molar-refractivity contribution in [3.63, 3.8) is 0 Å². The summed E-state index contributed by atoms with van der Waals surface area (Å²) in [6.45, 7) is 1.52. The second-order valence-electron chi connectivity index (χ2n) is 7.71. The molecule has 11 heteroatoms. The number of ketones is 1. The van der Waals surface area contributed by atoms with E-state index in [0.717, 1.165) is 27.3 Å². The van der Waals surface area contributed by atoms with Crippen molar-refractivity contribution in [2.45, 2.75) is 6.92 Å². The van der Waals surface area contributed by atoms with Crippen LogP contribution in [0.2, 0.25) is 0 Å². The Hall–Kier alpha value is -5.32. The number of esters is 1. The van der Waals surface area contributed by atoms with Gasteiger partial charge in [0.25, 0.3) is 0 Å². The Labute approximate surface area is 209 Å². The second-order valence-corrected chi connectivity index (χ2v) is 7.71. The molecule has 37 heavy (non-hydrogen) atoms. The van der Waals surface area contributed by atoms with Crippen molar-refractivity contribution in [3.05, 3.63) is 89.9 Å². The van der Waals surface area contributed by atoms with Gasteiger partial charge < -0.3 is 9.84 Å². The first-order valence-electron chi connectivity index (χ1n) is 11.0. The van der Waals surface area contributed by atoms with Crippen LogP contribution in [0.15, 0.2) is 72.8 Å². The van der Waals surface area contributed by atoms with Crippen LogP contribution in [0.4, 0.5) is 0 Å². The van der Waals surface area contributed by atoms with E-state index in [-0.39, 0.29) is 11.5 Å². The van der Waals surface area contributed by atoms with Crippen LogP contribution < -0.4 is 0 Å². The molecule has 3 aromatic heterocycles. The van der Waals surface area contributed by atoms with Gasteiger partial charge in [-0.15, -0.1) is 0 Å². The fraction of sp³-hybridized carbons (Fsp3) is 0.0769. The summed E-state index contributed by atoms with van der Waals surface area (Å²) in [6.07, 6.45) is 0. The Kier molecular flexibility index (Phi) is 7.34. The highest BCUT2D eigenvalue weighted by molar-refractivity contribution is 6.04. The molecule has 0 aliphatic heterocycles. The molecule has 0 amide bonds. The molecular weight excluding hydrogens is 476 g/mol. The topological polar surface area (TPSA) is 167 Å². The number of aromatic carboxylic acids is 1. The van der Waals surface area contributed by atoms with Gasteiger partial charge in [0, 0.05) is 23.1 Å². The molecule has 3 aromatic carbocycles. The van der Waals surface area contributed by atoms with Crippen molar-refractivity contribution in [1.29, 1.82) is 0 Å². The molecular formula is C26H22N6O5.